The van der Waals surface area contributed by atoms with Gasteiger partial charge in [0, 0.05) is 81.2 Å². The zero-order valence-electron chi connectivity index (χ0n) is 74.6. The fraction of sp³-hybridized carbons (Fsp3) is 0.518. The number of aliphatic imine (C=N–C) groups is 1. The van der Waals surface area contributed by atoms with Gasteiger partial charge in [0.2, 0.25) is 106 Å². The Bertz CT molecular complexity index is 4760. The number of nitrogens with one attached hydrogen (secondary N) is 14. The van der Waals surface area contributed by atoms with Crippen molar-refractivity contribution >= 4 is 144 Å². The number of hydrogen-bond donors (Lipinski definition) is 24. The quantitative estimate of drug-likeness (QED) is 0.00845. The summed E-state index contributed by atoms with van der Waals surface area (Å²) in [7, 11) is 1.28. The fourth-order valence-corrected chi connectivity index (χ4v) is 14.8. The summed E-state index contributed by atoms with van der Waals surface area (Å²) in [5, 5.41) is 63.1. The molecule has 46 nitrogen and oxygen atoms in total. The highest BCUT2D eigenvalue weighted by Gasteiger charge is 2.44. The van der Waals surface area contributed by atoms with Crippen molar-refractivity contribution in [3.63, 3.8) is 0 Å². The van der Waals surface area contributed by atoms with E-state index < -0.39 is 234 Å². The van der Waals surface area contributed by atoms with Crippen molar-refractivity contribution in [2.24, 2.45) is 39.6 Å². The van der Waals surface area contributed by atoms with Crippen LogP contribution in [-0.4, -0.2) is 306 Å². The monoisotopic (exact) mass is 1890 g/mol. The van der Waals surface area contributed by atoms with Gasteiger partial charge in [-0.2, -0.15) is 25.3 Å². The first-order valence-electron chi connectivity index (χ1n) is 43.0. The van der Waals surface area contributed by atoms with Crippen LogP contribution in [0.5, 0.6) is 5.75 Å². The first-order chi connectivity index (χ1) is 62.8. The number of aromatic amines is 1. The van der Waals surface area contributed by atoms with Gasteiger partial charge in [0.1, 0.15) is 78.3 Å². The van der Waals surface area contributed by atoms with Crippen LogP contribution in [0, 0.1) is 5.92 Å². The van der Waals surface area contributed by atoms with Crippen molar-refractivity contribution in [2.45, 2.75) is 214 Å². The number of carboxylic acid groups (broad SMARTS) is 1. The maximum Gasteiger partial charge on any atom is 0.326 e. The molecule has 48 heteroatoms. The number of aromatic nitrogens is 2. The van der Waals surface area contributed by atoms with E-state index in [4.69, 9.17) is 28.7 Å². The molecule has 1 aromatic heterocycles. The number of primary amides is 2. The molecule has 2 fully saturated rings. The van der Waals surface area contributed by atoms with Gasteiger partial charge in [0.15, 0.2) is 5.96 Å². The van der Waals surface area contributed by atoms with E-state index in [9.17, 15) is 106 Å². The summed E-state index contributed by atoms with van der Waals surface area (Å²) in [5.41, 5.74) is 29.5. The van der Waals surface area contributed by atoms with Crippen LogP contribution in [-0.2, 0) is 117 Å². The molecule has 133 heavy (non-hydrogen) atoms. The fourth-order valence-electron chi connectivity index (χ4n) is 14.3. The van der Waals surface area contributed by atoms with Crippen LogP contribution in [0.4, 0.5) is 0 Å². The van der Waals surface area contributed by atoms with Crippen LogP contribution in [0.3, 0.4) is 0 Å². The SMILES string of the molecule is CC(C)C[C@@H](C(=O)N[C@@H](Cc1ccc(O)cc1)C(=O)N1CCC[C@H]1C(=O)N[C@@H](CS)C(=O)N[C@@H](CC(N)=O)C(=O)NCC(=O)N1CCC[C@H]1C(=O)O)N(C)C(=O)CNC(=O)CNC(=O)[C@H](Cc1ccccc1)NC(=O)[C@H](Cc1cnc[nH]1)NC(=O)CNC(=O)[C@@H](NC(=O)[C@@H](NC(=O)[C@H](Cc1ccccc1)NC(=O)[C@H](CCCN=C(N)N)NC(=O)[C@@H](N)CCC(N)=O)C(C)(C)S)[C@@H](C)O. The van der Waals surface area contributed by atoms with E-state index in [-0.39, 0.29) is 120 Å². The minimum atomic E-state index is -1.85. The van der Waals surface area contributed by atoms with E-state index in [1.54, 1.807) is 74.5 Å². The molecule has 0 saturated carbocycles. The number of imidazole rings is 1. The summed E-state index contributed by atoms with van der Waals surface area (Å²) in [6.45, 7) is 4.52. The smallest absolute Gasteiger partial charge is 0.326 e. The number of nitrogens with two attached hydrogens (primary N) is 5. The average molecular weight is 1900 g/mol. The van der Waals surface area contributed by atoms with Gasteiger partial charge in [0.25, 0.3) is 0 Å². The number of nitrogens with zero attached hydrogens (tertiary/aromatic N) is 5. The molecule has 6 rings (SSSR count). The number of phenols is 1. The van der Waals surface area contributed by atoms with Gasteiger partial charge in [-0.15, -0.1) is 0 Å². The van der Waals surface area contributed by atoms with E-state index in [2.05, 4.69) is 109 Å². The number of benzene rings is 3. The summed E-state index contributed by atoms with van der Waals surface area (Å²) in [6.07, 6.45) is -0.177. The molecule has 4 aromatic rings. The van der Waals surface area contributed by atoms with Crippen molar-refractivity contribution in [3.8, 4) is 5.75 Å². The van der Waals surface area contributed by atoms with Crippen molar-refractivity contribution < 1.29 is 106 Å². The first kappa shape index (κ1) is 108. The molecular formula is C85H122N24O22S2. The number of hydrogen-bond acceptors (Lipinski definition) is 26. The Kier molecular flexibility index (Phi) is 43.2. The van der Waals surface area contributed by atoms with Gasteiger partial charge < -0.3 is 133 Å². The van der Waals surface area contributed by atoms with E-state index in [1.807, 2.05) is 0 Å². The van der Waals surface area contributed by atoms with Gasteiger partial charge in [-0.25, -0.2) is 9.78 Å². The molecule has 18 amide bonds. The third-order valence-electron chi connectivity index (χ3n) is 21.5. The molecule has 726 valence electrons. The van der Waals surface area contributed by atoms with Crippen molar-refractivity contribution in [1.82, 2.24) is 93.8 Å². The number of carboxylic acids is 1. The van der Waals surface area contributed by atoms with E-state index in [1.165, 1.54) is 62.6 Å². The highest BCUT2D eigenvalue weighted by molar-refractivity contribution is 7.81. The van der Waals surface area contributed by atoms with E-state index in [0.717, 1.165) is 16.7 Å². The molecule has 0 aliphatic carbocycles. The van der Waals surface area contributed by atoms with Gasteiger partial charge in [-0.05, 0) is 107 Å². The normalized spacial score (nSPS) is 16.2. The number of phenolic OH excluding ortho intramolecular Hbond substituents is 1. The van der Waals surface area contributed by atoms with Crippen molar-refractivity contribution in [2.75, 3.05) is 58.6 Å². The number of likely N-dealkylation sites (tertiary alicyclic amines) is 2. The number of amides is 18. The molecule has 0 bridgehead atoms. The summed E-state index contributed by atoms with van der Waals surface area (Å²) in [4.78, 5) is 274. The van der Waals surface area contributed by atoms with Gasteiger partial charge >= 0.3 is 5.97 Å². The van der Waals surface area contributed by atoms with Gasteiger partial charge in [-0.3, -0.25) is 91.3 Å². The number of likely N-dealkylation sites (N-methyl/N-ethyl adjacent to an activating group) is 1. The number of rotatable bonds is 53. The Morgan fingerprint density at radius 3 is 1.64 bits per heavy atom. The Labute approximate surface area is 777 Å². The number of aliphatic carboxylic acids is 1. The standard InChI is InChI=1S/C85H122N24O22S2/c1-45(2)32-62(79(126)103-58(35-49-23-25-51(111)26-24-49)82(129)109-31-14-21-60(109)78(125)104-59(43-132)77(124)102-57(37-64(88)113)73(120)96-42-68(117)108-30-15-22-61(108)83(130)131)107(6)67(116)41-93-65(114)39-94-72(119)54(33-47-16-9-7-10-17-47)100-75(122)56(36-50-38-91-44-97-50)98-66(115)40-95-80(127)69(46(3)110)105-81(128)70(85(4,5)133)106-76(123)55(34-48-18-11-8-12-19-48)101-74(121)53(20-13-29-92-84(89)90)99-71(118)52(86)27-28-63(87)112/h7-12,16-19,23-26,38,44-46,52-62,69-70,110-111,132-133H,13-15,20-22,27-37,39-43,86H2,1-6H3,(H2,87,112)(H2,88,113)(H,91,97)(H,93,114)(H,94,119)(H,95,127)(H,96,120)(H,98,115)(H,99,118)(H,100,122)(H,101,121)(H,102,124)(H,103,126)(H,104,125)(H,105,128)(H,106,123)(H,130,131)(H4,89,90,92)/t46-,52+,53+,54+,55+,56+,57+,58+,59+,60+,61+,62+,69+,70-/m1/s1. The maximum atomic E-state index is 14.9. The van der Waals surface area contributed by atoms with Crippen LogP contribution >= 0.6 is 25.3 Å². The molecule has 2 aliphatic heterocycles. The van der Waals surface area contributed by atoms with Crippen LogP contribution in [0.25, 0.3) is 0 Å². The Morgan fingerprint density at radius 2 is 1.08 bits per heavy atom. The number of carbonyl (C=O) groups is 19. The molecule has 0 unspecified atom stereocenters. The largest absolute Gasteiger partial charge is 0.508 e. The number of aliphatic hydroxyl groups is 1. The molecule has 2 aliphatic rings. The lowest BCUT2D eigenvalue weighted by Gasteiger charge is -2.33. The summed E-state index contributed by atoms with van der Waals surface area (Å²) in [6, 6.07) is 3.30. The first-order valence-corrected chi connectivity index (χ1v) is 44.0. The summed E-state index contributed by atoms with van der Waals surface area (Å²) >= 11 is 8.83. The van der Waals surface area contributed by atoms with E-state index in [0.29, 0.717) is 28.8 Å². The Morgan fingerprint density at radius 1 is 0.556 bits per heavy atom. The number of aromatic hydroxyl groups is 1. The highest BCUT2D eigenvalue weighted by Crippen LogP contribution is 2.25. The number of H-pyrrole nitrogens is 1. The third-order valence-corrected chi connectivity index (χ3v) is 22.1. The van der Waals surface area contributed by atoms with Crippen molar-refractivity contribution in [1.29, 1.82) is 0 Å². The number of aliphatic hydroxyl groups excluding tert-OH is 1. The van der Waals surface area contributed by atoms with Crippen LogP contribution in [0.1, 0.15) is 121 Å². The molecule has 27 N–H and O–H groups in total. The van der Waals surface area contributed by atoms with Crippen LogP contribution in [0.15, 0.2) is 102 Å². The predicted molar refractivity (Wildman–Crippen MR) is 486 cm³/mol. The zero-order chi connectivity index (χ0) is 98.5. The number of guanidine groups is 1. The number of thiol groups is 2. The Balaban J connectivity index is 1.10. The van der Waals surface area contributed by atoms with E-state index >= 15 is 0 Å². The molecule has 3 heterocycles. The second kappa shape index (κ2) is 53.1. The average Bonchev–Trinajstić information content (AvgIpc) is 1.79. The molecule has 2 saturated heterocycles. The molecule has 3 aromatic carbocycles. The minimum Gasteiger partial charge on any atom is -0.508 e. The lowest BCUT2D eigenvalue weighted by atomic mass is 9.99. The second-order valence-corrected chi connectivity index (χ2v) is 34.6. The highest BCUT2D eigenvalue weighted by atomic mass is 32.1. The third kappa shape index (κ3) is 35.9. The molecule has 0 radical (unpaired) electrons. The van der Waals surface area contributed by atoms with Gasteiger partial charge in [0.05, 0.1) is 51.1 Å². The minimum absolute atomic E-state index is 0.00864. The predicted octanol–water partition coefficient (Wildman–Crippen LogP) is -7.31. The topological polar surface area (TPSA) is 722 Å². The summed E-state index contributed by atoms with van der Waals surface area (Å²) in [5.74, 6) is -18.8. The lowest BCUT2D eigenvalue weighted by molar-refractivity contribution is -0.148. The number of carbonyl (C=O) groups excluding carboxylic acids is 18. The molecule has 14 atom stereocenters. The molecular weight excluding hydrogens is 1770 g/mol. The van der Waals surface area contributed by atoms with Crippen LogP contribution in [0.2, 0.25) is 0 Å². The van der Waals surface area contributed by atoms with Gasteiger partial charge in [-0.1, -0.05) is 86.6 Å². The second-order valence-electron chi connectivity index (χ2n) is 33.1. The summed E-state index contributed by atoms with van der Waals surface area (Å²) < 4.78 is -1.48. The lowest BCUT2D eigenvalue weighted by Crippen LogP contribution is -2.64. The maximum absolute atomic E-state index is 14.9. The molecule has 0 spiro atoms. The van der Waals surface area contributed by atoms with Crippen LogP contribution < -0.4 is 97.8 Å². The van der Waals surface area contributed by atoms with Crippen molar-refractivity contribution in [3.05, 3.63) is 120 Å². The Hall–Kier alpha value is -13.5. The zero-order valence-corrected chi connectivity index (χ0v) is 76.4.